The molecule has 0 spiro atoms. The summed E-state index contributed by atoms with van der Waals surface area (Å²) >= 11 is 0. The summed E-state index contributed by atoms with van der Waals surface area (Å²) in [4.78, 5) is -0.0941. The van der Waals surface area contributed by atoms with E-state index in [1.807, 2.05) is 6.92 Å². The van der Waals surface area contributed by atoms with Gasteiger partial charge in [0, 0.05) is 6.42 Å². The van der Waals surface area contributed by atoms with E-state index < -0.39 is 15.7 Å². The first kappa shape index (κ1) is 12.5. The average Bonchev–Trinajstić information content (AvgIpc) is 2.13. The van der Waals surface area contributed by atoms with E-state index in [2.05, 4.69) is 0 Å². The second-order valence-corrected chi connectivity index (χ2v) is 6.23. The molecular formula is C12H16O4S. The van der Waals surface area contributed by atoms with Crippen molar-refractivity contribution in [3.63, 3.8) is 0 Å². The van der Waals surface area contributed by atoms with Crippen molar-refractivity contribution in [2.75, 3.05) is 0 Å². The van der Waals surface area contributed by atoms with Crippen molar-refractivity contribution in [3.8, 4) is 0 Å². The van der Waals surface area contributed by atoms with Crippen LogP contribution >= 0.6 is 0 Å². The molecule has 0 atom stereocenters. The molecule has 2 rings (SSSR count). The summed E-state index contributed by atoms with van der Waals surface area (Å²) in [6.07, 6.45) is 2.62. The Balaban J connectivity index is 2.40. The highest BCUT2D eigenvalue weighted by molar-refractivity contribution is 7.85. The van der Waals surface area contributed by atoms with Crippen molar-refractivity contribution in [1.29, 1.82) is 0 Å². The fourth-order valence-electron chi connectivity index (χ4n) is 2.21. The van der Waals surface area contributed by atoms with Gasteiger partial charge in [0.25, 0.3) is 10.1 Å². The van der Waals surface area contributed by atoms with Gasteiger partial charge in [-0.2, -0.15) is 8.42 Å². The third-order valence-corrected chi connectivity index (χ3v) is 4.25. The Hall–Kier alpha value is -0.910. The summed E-state index contributed by atoms with van der Waals surface area (Å²) in [5, 5.41) is 10.1. The Bertz CT molecular complexity index is 529. The van der Waals surface area contributed by atoms with E-state index in [-0.39, 0.29) is 11.3 Å². The smallest absolute Gasteiger partial charge is 0.294 e. The van der Waals surface area contributed by atoms with Gasteiger partial charge in [0.05, 0.1) is 10.5 Å². The van der Waals surface area contributed by atoms with Crippen molar-refractivity contribution in [3.05, 3.63) is 29.3 Å². The highest BCUT2D eigenvalue weighted by atomic mass is 32.2. The second kappa shape index (κ2) is 4.08. The molecule has 94 valence electrons. The van der Waals surface area contributed by atoms with Gasteiger partial charge in [-0.25, -0.2) is 0 Å². The summed E-state index contributed by atoms with van der Waals surface area (Å²) in [5.74, 6) is 0. The molecule has 0 aliphatic heterocycles. The molecule has 5 heteroatoms. The van der Waals surface area contributed by atoms with Crippen LogP contribution in [0.3, 0.4) is 0 Å². The van der Waals surface area contributed by atoms with Crippen LogP contribution in [-0.2, 0) is 16.5 Å². The van der Waals surface area contributed by atoms with E-state index >= 15 is 0 Å². The van der Waals surface area contributed by atoms with E-state index in [4.69, 9.17) is 4.55 Å². The van der Waals surface area contributed by atoms with Crippen LogP contribution in [0.5, 0.6) is 0 Å². The molecule has 0 unspecified atom stereocenters. The van der Waals surface area contributed by atoms with Gasteiger partial charge in [0.15, 0.2) is 0 Å². The summed E-state index contributed by atoms with van der Waals surface area (Å²) in [6, 6.07) is 4.73. The summed E-state index contributed by atoms with van der Waals surface area (Å²) < 4.78 is 31.6. The van der Waals surface area contributed by atoms with E-state index in [1.54, 1.807) is 12.1 Å². The Labute approximate surface area is 101 Å². The molecule has 1 saturated carbocycles. The molecule has 0 bridgehead atoms. The first-order chi connectivity index (χ1) is 7.80. The van der Waals surface area contributed by atoms with Gasteiger partial charge in [-0.15, -0.1) is 0 Å². The predicted molar refractivity (Wildman–Crippen MR) is 63.5 cm³/mol. The monoisotopic (exact) mass is 256 g/mol. The minimum Gasteiger partial charge on any atom is -0.390 e. The van der Waals surface area contributed by atoms with Crippen molar-refractivity contribution in [2.24, 2.45) is 0 Å². The second-order valence-electron chi connectivity index (χ2n) is 4.84. The van der Waals surface area contributed by atoms with Crippen molar-refractivity contribution in [2.45, 2.75) is 43.1 Å². The molecule has 0 radical (unpaired) electrons. The molecule has 1 aliphatic rings. The topological polar surface area (TPSA) is 74.6 Å². The lowest BCUT2D eigenvalue weighted by molar-refractivity contribution is -0.0327. The summed E-state index contributed by atoms with van der Waals surface area (Å²) in [6.45, 7) is 1.85. The molecule has 0 aromatic heterocycles. The highest BCUT2D eigenvalue weighted by Crippen LogP contribution is 2.36. The van der Waals surface area contributed by atoms with Crippen LogP contribution in [0.25, 0.3) is 0 Å². The lowest BCUT2D eigenvalue weighted by Gasteiger charge is -2.37. The SMILES string of the molecule is Cc1ccc(S(=O)(=O)O)c(CC2(O)CCC2)c1. The standard InChI is InChI=1S/C12H16O4S/c1-9-3-4-11(17(14,15)16)10(7-9)8-12(13)5-2-6-12/h3-4,7,13H,2,5-6,8H2,1H3,(H,14,15,16). The average molecular weight is 256 g/mol. The van der Waals surface area contributed by atoms with Crippen molar-refractivity contribution in [1.82, 2.24) is 0 Å². The Morgan fingerprint density at radius 2 is 2.00 bits per heavy atom. The minimum atomic E-state index is -4.22. The lowest BCUT2D eigenvalue weighted by atomic mass is 9.76. The molecule has 1 aromatic rings. The van der Waals surface area contributed by atoms with E-state index in [0.29, 0.717) is 18.4 Å². The maximum Gasteiger partial charge on any atom is 0.294 e. The van der Waals surface area contributed by atoms with Crippen LogP contribution in [-0.4, -0.2) is 23.7 Å². The molecule has 1 fully saturated rings. The van der Waals surface area contributed by atoms with E-state index in [1.165, 1.54) is 6.07 Å². The van der Waals surface area contributed by atoms with Gasteiger partial charge in [-0.1, -0.05) is 17.7 Å². The third-order valence-electron chi connectivity index (χ3n) is 3.30. The molecule has 0 heterocycles. The molecule has 0 saturated heterocycles. The van der Waals surface area contributed by atoms with Crippen LogP contribution in [0, 0.1) is 6.92 Å². The molecule has 0 amide bonds. The number of aliphatic hydroxyl groups is 1. The van der Waals surface area contributed by atoms with Crippen LogP contribution in [0.2, 0.25) is 0 Å². The molecule has 17 heavy (non-hydrogen) atoms. The Kier molecular flexibility index (Phi) is 3.01. The summed E-state index contributed by atoms with van der Waals surface area (Å²) in [7, 11) is -4.22. The first-order valence-corrected chi connectivity index (χ1v) is 7.04. The number of aryl methyl sites for hydroxylation is 1. The largest absolute Gasteiger partial charge is 0.390 e. The minimum absolute atomic E-state index is 0.0941. The fraction of sp³-hybridized carbons (Fsp3) is 0.500. The molecule has 1 aromatic carbocycles. The predicted octanol–water partition coefficient (Wildman–Crippen LogP) is 1.70. The van der Waals surface area contributed by atoms with Crippen LogP contribution in [0.4, 0.5) is 0 Å². The zero-order valence-electron chi connectivity index (χ0n) is 9.68. The van der Waals surface area contributed by atoms with E-state index in [9.17, 15) is 13.5 Å². The summed E-state index contributed by atoms with van der Waals surface area (Å²) in [5.41, 5.74) is 0.609. The van der Waals surface area contributed by atoms with Crippen LogP contribution < -0.4 is 0 Å². The van der Waals surface area contributed by atoms with Crippen LogP contribution in [0.1, 0.15) is 30.4 Å². The number of hydrogen-bond acceptors (Lipinski definition) is 3. The fourth-order valence-corrected chi connectivity index (χ4v) is 2.92. The number of rotatable bonds is 3. The van der Waals surface area contributed by atoms with Gasteiger partial charge in [-0.05, 0) is 37.8 Å². The molecule has 2 N–H and O–H groups in total. The van der Waals surface area contributed by atoms with Crippen molar-refractivity contribution >= 4 is 10.1 Å². The normalized spacial score (nSPS) is 18.8. The maximum atomic E-state index is 11.2. The van der Waals surface area contributed by atoms with Gasteiger partial charge in [0.1, 0.15) is 0 Å². The zero-order valence-corrected chi connectivity index (χ0v) is 10.5. The third kappa shape index (κ3) is 2.68. The zero-order chi connectivity index (χ0) is 12.7. The van der Waals surface area contributed by atoms with Gasteiger partial charge < -0.3 is 5.11 Å². The molecular weight excluding hydrogens is 240 g/mol. The van der Waals surface area contributed by atoms with Gasteiger partial charge in [-0.3, -0.25) is 4.55 Å². The lowest BCUT2D eigenvalue weighted by Crippen LogP contribution is -2.39. The first-order valence-electron chi connectivity index (χ1n) is 5.60. The molecule has 1 aliphatic carbocycles. The Morgan fingerprint density at radius 3 is 2.47 bits per heavy atom. The van der Waals surface area contributed by atoms with Gasteiger partial charge >= 0.3 is 0 Å². The van der Waals surface area contributed by atoms with E-state index in [0.717, 1.165) is 12.0 Å². The van der Waals surface area contributed by atoms with Crippen LogP contribution in [0.15, 0.2) is 23.1 Å². The molecule has 4 nitrogen and oxygen atoms in total. The van der Waals surface area contributed by atoms with Gasteiger partial charge in [0.2, 0.25) is 0 Å². The van der Waals surface area contributed by atoms with Crippen molar-refractivity contribution < 1.29 is 18.1 Å². The number of hydrogen-bond donors (Lipinski definition) is 2. The quantitative estimate of drug-likeness (QED) is 0.807. The Morgan fingerprint density at radius 1 is 1.35 bits per heavy atom. The maximum absolute atomic E-state index is 11.2. The highest BCUT2D eigenvalue weighted by Gasteiger charge is 2.35. The number of benzene rings is 1.